The topological polar surface area (TPSA) is 46.3 Å². The molecule has 2 fully saturated rings. The zero-order chi connectivity index (χ0) is 14.8. The Morgan fingerprint density at radius 2 is 1.90 bits per heavy atom. The highest BCUT2D eigenvalue weighted by Crippen LogP contribution is 2.32. The predicted octanol–water partition coefficient (Wildman–Crippen LogP) is 3.35. The van der Waals surface area contributed by atoms with Crippen molar-refractivity contribution in [3.05, 3.63) is 34.9 Å². The molecule has 0 aromatic heterocycles. The van der Waals surface area contributed by atoms with Gasteiger partial charge in [-0.05, 0) is 49.3 Å². The van der Waals surface area contributed by atoms with Crippen LogP contribution in [0.4, 0.5) is 0 Å². The van der Waals surface area contributed by atoms with E-state index in [0.29, 0.717) is 24.9 Å². The van der Waals surface area contributed by atoms with E-state index < -0.39 is 0 Å². The SMILES string of the molecule is N[C@@H]1CCC[C@H]1CC(=O)N(Cc1ccc(Cl)cc1)C1CC1. The second kappa shape index (κ2) is 6.37. The molecule has 2 saturated carbocycles. The van der Waals surface area contributed by atoms with E-state index in [9.17, 15) is 4.79 Å². The number of nitrogens with zero attached hydrogens (tertiary/aromatic N) is 1. The average Bonchev–Trinajstić information content (AvgIpc) is 3.23. The lowest BCUT2D eigenvalue weighted by Crippen LogP contribution is -2.36. The molecule has 0 heterocycles. The normalized spacial score (nSPS) is 25.0. The molecule has 0 bridgehead atoms. The molecule has 0 radical (unpaired) electrons. The molecule has 1 aromatic rings. The lowest BCUT2D eigenvalue weighted by atomic mass is 9.99. The van der Waals surface area contributed by atoms with Gasteiger partial charge in [-0.2, -0.15) is 0 Å². The van der Waals surface area contributed by atoms with Gasteiger partial charge >= 0.3 is 0 Å². The molecule has 3 nitrogen and oxygen atoms in total. The molecule has 2 aliphatic rings. The Balaban J connectivity index is 1.63. The first kappa shape index (κ1) is 14.9. The minimum Gasteiger partial charge on any atom is -0.335 e. The second-order valence-corrected chi connectivity index (χ2v) is 6.87. The number of hydrogen-bond acceptors (Lipinski definition) is 2. The molecule has 0 saturated heterocycles. The lowest BCUT2D eigenvalue weighted by molar-refractivity contribution is -0.133. The molecule has 114 valence electrons. The number of carbonyl (C=O) groups excluding carboxylic acids is 1. The maximum absolute atomic E-state index is 12.6. The highest BCUT2D eigenvalue weighted by molar-refractivity contribution is 6.30. The smallest absolute Gasteiger partial charge is 0.223 e. The Kier molecular flexibility index (Phi) is 4.51. The fourth-order valence-electron chi connectivity index (χ4n) is 3.25. The summed E-state index contributed by atoms with van der Waals surface area (Å²) < 4.78 is 0. The van der Waals surface area contributed by atoms with Gasteiger partial charge in [0, 0.05) is 30.1 Å². The fraction of sp³-hybridized carbons (Fsp3) is 0.588. The van der Waals surface area contributed by atoms with Crippen molar-refractivity contribution in [3.63, 3.8) is 0 Å². The van der Waals surface area contributed by atoms with Gasteiger partial charge in [0.05, 0.1) is 0 Å². The molecular weight excluding hydrogens is 284 g/mol. The molecular formula is C17H23ClN2O. The summed E-state index contributed by atoms with van der Waals surface area (Å²) in [4.78, 5) is 14.7. The minimum absolute atomic E-state index is 0.213. The third kappa shape index (κ3) is 3.78. The molecule has 0 spiro atoms. The Morgan fingerprint density at radius 3 is 2.48 bits per heavy atom. The number of hydrogen-bond donors (Lipinski definition) is 1. The molecule has 1 amide bonds. The number of amides is 1. The Labute approximate surface area is 131 Å². The zero-order valence-electron chi connectivity index (χ0n) is 12.3. The summed E-state index contributed by atoms with van der Waals surface area (Å²) in [5, 5.41) is 0.736. The standard InChI is InChI=1S/C17H23ClN2O/c18-14-6-4-12(5-7-14)11-20(15-8-9-15)17(21)10-13-2-1-3-16(13)19/h4-7,13,15-16H,1-3,8-11,19H2/t13-,16+/m0/s1. The van der Waals surface area contributed by atoms with Gasteiger partial charge in [0.15, 0.2) is 0 Å². The number of halogens is 1. The Hall–Kier alpha value is -1.06. The zero-order valence-corrected chi connectivity index (χ0v) is 13.1. The minimum atomic E-state index is 0.213. The maximum atomic E-state index is 12.6. The van der Waals surface area contributed by atoms with Gasteiger partial charge in [-0.15, -0.1) is 0 Å². The van der Waals surface area contributed by atoms with E-state index in [0.717, 1.165) is 36.3 Å². The Morgan fingerprint density at radius 1 is 1.19 bits per heavy atom. The van der Waals surface area contributed by atoms with E-state index in [1.165, 1.54) is 6.42 Å². The molecule has 3 rings (SSSR count). The first-order valence-corrected chi connectivity index (χ1v) is 8.31. The van der Waals surface area contributed by atoms with E-state index in [1.807, 2.05) is 29.2 Å². The highest BCUT2D eigenvalue weighted by Gasteiger charge is 2.35. The quantitative estimate of drug-likeness (QED) is 0.907. The van der Waals surface area contributed by atoms with Crippen molar-refractivity contribution in [2.24, 2.45) is 11.7 Å². The van der Waals surface area contributed by atoms with E-state index in [1.54, 1.807) is 0 Å². The highest BCUT2D eigenvalue weighted by atomic mass is 35.5. The predicted molar refractivity (Wildman–Crippen MR) is 85.0 cm³/mol. The van der Waals surface area contributed by atoms with Gasteiger partial charge in [0.1, 0.15) is 0 Å². The van der Waals surface area contributed by atoms with Crippen LogP contribution in [0.2, 0.25) is 5.02 Å². The van der Waals surface area contributed by atoms with Crippen LogP contribution in [0.1, 0.15) is 44.1 Å². The van der Waals surface area contributed by atoms with Crippen molar-refractivity contribution < 1.29 is 4.79 Å². The molecule has 1 aromatic carbocycles. The number of nitrogens with two attached hydrogens (primary N) is 1. The summed E-state index contributed by atoms with van der Waals surface area (Å²) in [5.74, 6) is 0.652. The van der Waals surface area contributed by atoms with Crippen LogP contribution in [-0.4, -0.2) is 22.9 Å². The average molecular weight is 307 g/mol. The molecule has 2 N–H and O–H groups in total. The number of benzene rings is 1. The van der Waals surface area contributed by atoms with Crippen LogP contribution >= 0.6 is 11.6 Å². The van der Waals surface area contributed by atoms with Gasteiger partial charge in [-0.1, -0.05) is 30.2 Å². The van der Waals surface area contributed by atoms with Crippen molar-refractivity contribution >= 4 is 17.5 Å². The third-order valence-electron chi connectivity index (χ3n) is 4.73. The van der Waals surface area contributed by atoms with Gasteiger partial charge in [-0.25, -0.2) is 0 Å². The molecule has 2 atom stereocenters. The first-order chi connectivity index (χ1) is 10.1. The van der Waals surface area contributed by atoms with Crippen LogP contribution in [0, 0.1) is 5.92 Å². The number of rotatable bonds is 5. The van der Waals surface area contributed by atoms with Gasteiger partial charge in [0.2, 0.25) is 5.91 Å². The molecule has 21 heavy (non-hydrogen) atoms. The van der Waals surface area contributed by atoms with Crippen molar-refractivity contribution in [2.75, 3.05) is 0 Å². The molecule has 4 heteroatoms. The van der Waals surface area contributed by atoms with Crippen molar-refractivity contribution in [3.8, 4) is 0 Å². The third-order valence-corrected chi connectivity index (χ3v) is 4.98. The maximum Gasteiger partial charge on any atom is 0.223 e. The second-order valence-electron chi connectivity index (χ2n) is 6.44. The van der Waals surface area contributed by atoms with Gasteiger partial charge in [-0.3, -0.25) is 4.79 Å². The van der Waals surface area contributed by atoms with Gasteiger partial charge < -0.3 is 10.6 Å². The van der Waals surface area contributed by atoms with Crippen LogP contribution in [0.15, 0.2) is 24.3 Å². The van der Waals surface area contributed by atoms with Crippen LogP contribution in [0.25, 0.3) is 0 Å². The monoisotopic (exact) mass is 306 g/mol. The van der Waals surface area contributed by atoms with Crippen LogP contribution < -0.4 is 5.73 Å². The summed E-state index contributed by atoms with van der Waals surface area (Å²) in [7, 11) is 0. The Bertz CT molecular complexity index is 498. The summed E-state index contributed by atoms with van der Waals surface area (Å²) in [6, 6.07) is 8.44. The van der Waals surface area contributed by atoms with E-state index >= 15 is 0 Å². The summed E-state index contributed by atoms with van der Waals surface area (Å²) in [6.07, 6.45) is 6.22. The van der Waals surface area contributed by atoms with Gasteiger partial charge in [0.25, 0.3) is 0 Å². The molecule has 2 aliphatic carbocycles. The summed E-state index contributed by atoms with van der Waals surface area (Å²) >= 11 is 5.92. The van der Waals surface area contributed by atoms with Crippen LogP contribution in [-0.2, 0) is 11.3 Å². The van der Waals surface area contributed by atoms with Crippen molar-refractivity contribution in [1.29, 1.82) is 0 Å². The lowest BCUT2D eigenvalue weighted by Gasteiger charge is -2.25. The number of carbonyl (C=O) groups is 1. The first-order valence-electron chi connectivity index (χ1n) is 7.93. The largest absolute Gasteiger partial charge is 0.335 e. The molecule has 0 unspecified atom stereocenters. The summed E-state index contributed by atoms with van der Waals surface area (Å²) in [6.45, 7) is 0.697. The van der Waals surface area contributed by atoms with Crippen molar-refractivity contribution in [2.45, 2.75) is 57.2 Å². The summed E-state index contributed by atoms with van der Waals surface area (Å²) in [5.41, 5.74) is 7.25. The van der Waals surface area contributed by atoms with Crippen LogP contribution in [0.5, 0.6) is 0 Å². The molecule has 0 aliphatic heterocycles. The van der Waals surface area contributed by atoms with Crippen molar-refractivity contribution in [1.82, 2.24) is 4.90 Å². The van der Waals surface area contributed by atoms with E-state index in [2.05, 4.69) is 0 Å². The van der Waals surface area contributed by atoms with Crippen LogP contribution in [0.3, 0.4) is 0 Å². The fourth-order valence-corrected chi connectivity index (χ4v) is 3.38. The van der Waals surface area contributed by atoms with E-state index in [-0.39, 0.29) is 11.9 Å². The van der Waals surface area contributed by atoms with E-state index in [4.69, 9.17) is 17.3 Å².